The largest absolute Gasteiger partial charge is 0.494 e. The van der Waals surface area contributed by atoms with Crippen LogP contribution in [0.4, 0.5) is 5.69 Å². The van der Waals surface area contributed by atoms with Crippen LogP contribution in [0.3, 0.4) is 0 Å². The van der Waals surface area contributed by atoms with Gasteiger partial charge in [0, 0.05) is 31.2 Å². The van der Waals surface area contributed by atoms with Crippen LogP contribution in [0.15, 0.2) is 60.2 Å². The molecule has 1 aromatic heterocycles. The van der Waals surface area contributed by atoms with Crippen LogP contribution in [-0.4, -0.2) is 43.2 Å². The molecule has 0 atom stereocenters. The second-order valence-electron chi connectivity index (χ2n) is 7.29. The number of aromatic nitrogens is 1. The fourth-order valence-electron chi connectivity index (χ4n) is 3.28. The lowest BCUT2D eigenvalue weighted by Crippen LogP contribution is -2.33. The molecule has 33 heavy (non-hydrogen) atoms. The van der Waals surface area contributed by atoms with E-state index in [1.165, 1.54) is 27.1 Å². The number of hydrogen-bond acceptors (Lipinski definition) is 6. The van der Waals surface area contributed by atoms with Crippen molar-refractivity contribution in [3.63, 3.8) is 0 Å². The van der Waals surface area contributed by atoms with Crippen molar-refractivity contribution in [1.82, 2.24) is 9.29 Å². The van der Waals surface area contributed by atoms with Gasteiger partial charge < -0.3 is 9.57 Å². The molecule has 0 spiro atoms. The van der Waals surface area contributed by atoms with Crippen LogP contribution in [0.1, 0.15) is 45.1 Å². The van der Waals surface area contributed by atoms with Gasteiger partial charge in [0.2, 0.25) is 0 Å². The molecule has 3 rings (SSSR count). The number of benzene rings is 1. The zero-order chi connectivity index (χ0) is 23.7. The van der Waals surface area contributed by atoms with Crippen LogP contribution in [-0.2, 0) is 15.0 Å². The lowest BCUT2D eigenvalue weighted by atomic mass is 10.1. The zero-order valence-electron chi connectivity index (χ0n) is 18.9. The number of halogens is 1. The van der Waals surface area contributed by atoms with E-state index >= 15 is 0 Å². The molecule has 1 aromatic carbocycles. The predicted octanol–water partition coefficient (Wildman–Crippen LogP) is 4.97. The van der Waals surface area contributed by atoms with Crippen LogP contribution in [0.25, 0.3) is 0 Å². The zero-order valence-corrected chi connectivity index (χ0v) is 20.4. The van der Waals surface area contributed by atoms with Gasteiger partial charge in [-0.3, -0.25) is 4.31 Å². The molecule has 10 heteroatoms. The van der Waals surface area contributed by atoms with Crippen molar-refractivity contribution in [3.05, 3.63) is 65.7 Å². The summed E-state index contributed by atoms with van der Waals surface area (Å²) in [6.45, 7) is 5.46. The number of pyridine rings is 1. The third kappa shape index (κ3) is 6.61. The van der Waals surface area contributed by atoms with Crippen LogP contribution in [0, 0.1) is 0 Å². The van der Waals surface area contributed by atoms with Gasteiger partial charge in [-0.15, -0.1) is 0 Å². The van der Waals surface area contributed by atoms with Crippen molar-refractivity contribution in [1.29, 1.82) is 0 Å². The van der Waals surface area contributed by atoms with Gasteiger partial charge >= 0.3 is 10.2 Å². The molecule has 1 aliphatic heterocycles. The quantitative estimate of drug-likeness (QED) is 0.181. The van der Waals surface area contributed by atoms with Crippen LogP contribution >= 0.6 is 11.6 Å². The Morgan fingerprint density at radius 3 is 2.58 bits per heavy atom. The van der Waals surface area contributed by atoms with E-state index < -0.39 is 10.2 Å². The standard InChI is InChI=1S/C23H29ClN4O4S/c1-3-22(26-32-4-2)19-8-10-21(11-9-19)31-17-7-5-6-14-27-15-16-28(33(27,29)30)20-12-13-25-23(24)18-20/h8-13,15-16,18H,3-7,14,17H2,1-2H3/b26-22+. The van der Waals surface area contributed by atoms with Gasteiger partial charge in [0.25, 0.3) is 0 Å². The van der Waals surface area contributed by atoms with Crippen molar-refractivity contribution in [2.24, 2.45) is 5.16 Å². The minimum atomic E-state index is -3.63. The summed E-state index contributed by atoms with van der Waals surface area (Å²) >= 11 is 5.88. The molecule has 0 amide bonds. The van der Waals surface area contributed by atoms with Crippen LogP contribution in [0.5, 0.6) is 5.75 Å². The normalized spacial score (nSPS) is 15.2. The molecule has 0 bridgehead atoms. The second kappa shape index (κ2) is 11.9. The van der Waals surface area contributed by atoms with Crippen LogP contribution < -0.4 is 9.04 Å². The molecule has 1 aliphatic rings. The van der Waals surface area contributed by atoms with Crippen molar-refractivity contribution >= 4 is 33.2 Å². The summed E-state index contributed by atoms with van der Waals surface area (Å²) in [4.78, 5) is 9.05. The van der Waals surface area contributed by atoms with Gasteiger partial charge in [-0.25, -0.2) is 9.29 Å². The Balaban J connectivity index is 1.39. The topological polar surface area (TPSA) is 84.3 Å². The van der Waals surface area contributed by atoms with Crippen LogP contribution in [0.2, 0.25) is 5.15 Å². The number of unbranched alkanes of at least 4 members (excludes halogenated alkanes) is 2. The molecule has 0 N–H and O–H groups in total. The lowest BCUT2D eigenvalue weighted by Gasteiger charge is -2.21. The molecule has 8 nitrogen and oxygen atoms in total. The predicted molar refractivity (Wildman–Crippen MR) is 131 cm³/mol. The Labute approximate surface area is 200 Å². The van der Waals surface area contributed by atoms with E-state index in [-0.39, 0.29) is 5.15 Å². The lowest BCUT2D eigenvalue weighted by molar-refractivity contribution is 0.158. The average molecular weight is 493 g/mol. The maximum absolute atomic E-state index is 12.7. The Hall–Kier alpha value is -2.78. The number of hydrogen-bond donors (Lipinski definition) is 0. The van der Waals surface area contributed by atoms with Crippen molar-refractivity contribution < 1.29 is 18.0 Å². The van der Waals surface area contributed by atoms with Crippen molar-refractivity contribution in [2.45, 2.75) is 39.5 Å². The maximum Gasteiger partial charge on any atom is 0.329 e. The van der Waals surface area contributed by atoms with E-state index in [1.54, 1.807) is 12.3 Å². The Kier molecular flexibility index (Phi) is 8.96. The summed E-state index contributed by atoms with van der Waals surface area (Å²) in [5.74, 6) is 0.794. The number of ether oxygens (including phenoxy) is 1. The highest BCUT2D eigenvalue weighted by atomic mass is 35.5. The molecular weight excluding hydrogens is 464 g/mol. The molecule has 0 unspecified atom stereocenters. The van der Waals surface area contributed by atoms with E-state index in [0.29, 0.717) is 25.4 Å². The van der Waals surface area contributed by atoms with E-state index in [4.69, 9.17) is 21.2 Å². The number of oxime groups is 1. The summed E-state index contributed by atoms with van der Waals surface area (Å²) in [5, 5.41) is 4.38. The molecule has 0 aliphatic carbocycles. The maximum atomic E-state index is 12.7. The molecule has 178 valence electrons. The first-order valence-electron chi connectivity index (χ1n) is 11.0. The summed E-state index contributed by atoms with van der Waals surface area (Å²) in [5.41, 5.74) is 2.38. The monoisotopic (exact) mass is 492 g/mol. The van der Waals surface area contributed by atoms with Crippen molar-refractivity contribution in [3.8, 4) is 5.75 Å². The Morgan fingerprint density at radius 1 is 1.09 bits per heavy atom. The van der Waals surface area contributed by atoms with E-state index in [9.17, 15) is 8.42 Å². The molecular formula is C23H29ClN4O4S. The summed E-state index contributed by atoms with van der Waals surface area (Å²) in [6.07, 6.45) is 7.77. The van der Waals surface area contributed by atoms with E-state index in [1.807, 2.05) is 38.1 Å². The molecule has 0 fully saturated rings. The second-order valence-corrected chi connectivity index (χ2v) is 9.44. The SMILES string of the molecule is CCO/N=C(\CC)c1ccc(OCCCCCN2C=CN(c3ccnc(Cl)c3)S2(=O)=O)cc1. The summed E-state index contributed by atoms with van der Waals surface area (Å²) < 4.78 is 33.9. The van der Waals surface area contributed by atoms with Gasteiger partial charge in [-0.05, 0) is 68.5 Å². The van der Waals surface area contributed by atoms with Gasteiger partial charge in [-0.1, -0.05) is 23.7 Å². The van der Waals surface area contributed by atoms with Gasteiger partial charge in [-0.2, -0.15) is 8.42 Å². The molecule has 0 saturated carbocycles. The Morgan fingerprint density at radius 2 is 1.88 bits per heavy atom. The highest BCUT2D eigenvalue weighted by Crippen LogP contribution is 2.27. The van der Waals surface area contributed by atoms with E-state index in [2.05, 4.69) is 10.1 Å². The number of rotatable bonds is 12. The molecule has 0 radical (unpaired) electrons. The molecule has 2 heterocycles. The summed E-state index contributed by atoms with van der Waals surface area (Å²) in [6, 6.07) is 10.9. The number of nitrogens with zero attached hydrogens (tertiary/aromatic N) is 4. The third-order valence-corrected chi connectivity index (χ3v) is 6.93. The first-order chi connectivity index (χ1) is 16.0. The van der Waals surface area contributed by atoms with Gasteiger partial charge in [0.05, 0.1) is 18.0 Å². The minimum Gasteiger partial charge on any atom is -0.494 e. The fourth-order valence-corrected chi connectivity index (χ4v) is 4.83. The molecule has 2 aromatic rings. The highest BCUT2D eigenvalue weighted by Gasteiger charge is 2.31. The van der Waals surface area contributed by atoms with E-state index in [0.717, 1.165) is 42.7 Å². The van der Waals surface area contributed by atoms with Gasteiger partial charge in [0.15, 0.2) is 0 Å². The smallest absolute Gasteiger partial charge is 0.329 e. The fraction of sp³-hybridized carbons (Fsp3) is 0.391. The van der Waals surface area contributed by atoms with Crippen molar-refractivity contribution in [2.75, 3.05) is 24.1 Å². The highest BCUT2D eigenvalue weighted by molar-refractivity contribution is 7.91. The third-order valence-electron chi connectivity index (χ3n) is 5.00. The summed E-state index contributed by atoms with van der Waals surface area (Å²) in [7, 11) is -3.63. The average Bonchev–Trinajstić information content (AvgIpc) is 3.11. The minimum absolute atomic E-state index is 0.244. The number of anilines is 1. The van der Waals surface area contributed by atoms with Gasteiger partial charge in [0.1, 0.15) is 17.5 Å². The Bertz CT molecular complexity index is 1070. The molecule has 0 saturated heterocycles. The first kappa shape index (κ1) is 24.9. The first-order valence-corrected chi connectivity index (χ1v) is 12.8.